The first-order chi connectivity index (χ1) is 15.4. The number of ether oxygens (including phenoxy) is 1. The minimum atomic E-state index is -3.70. The lowest BCUT2D eigenvalue weighted by atomic mass is 10.0. The van der Waals surface area contributed by atoms with Crippen LogP contribution in [0.2, 0.25) is 0 Å². The summed E-state index contributed by atoms with van der Waals surface area (Å²) in [6.07, 6.45) is 3.40. The van der Waals surface area contributed by atoms with Gasteiger partial charge in [-0.3, -0.25) is 4.72 Å². The molecule has 0 heterocycles. The van der Waals surface area contributed by atoms with E-state index in [1.807, 2.05) is 18.2 Å². The molecule has 0 amide bonds. The van der Waals surface area contributed by atoms with Gasteiger partial charge in [-0.2, -0.15) is 0 Å². The molecule has 0 fully saturated rings. The largest absolute Gasteiger partial charge is 0.494 e. The molecule has 3 rings (SSSR count). The number of carboxylic acid groups (broad SMARTS) is 1. The van der Waals surface area contributed by atoms with E-state index in [0.717, 1.165) is 30.4 Å². The molecule has 0 aliphatic carbocycles. The average molecular weight is 454 g/mol. The molecule has 2 N–H and O–H groups in total. The van der Waals surface area contributed by atoms with Crippen molar-refractivity contribution in [3.05, 3.63) is 89.5 Å². The quantitative estimate of drug-likeness (QED) is 0.392. The summed E-state index contributed by atoms with van der Waals surface area (Å²) < 4.78 is 33.5. The van der Waals surface area contributed by atoms with E-state index in [0.29, 0.717) is 24.5 Å². The van der Waals surface area contributed by atoms with Gasteiger partial charge in [0, 0.05) is 5.69 Å². The van der Waals surface area contributed by atoms with Gasteiger partial charge in [-0.1, -0.05) is 37.6 Å². The van der Waals surface area contributed by atoms with Crippen LogP contribution in [0.5, 0.6) is 5.75 Å². The molecular formula is C25H27NO5S. The molecule has 0 saturated heterocycles. The number of nitrogens with one attached hydrogen (secondary N) is 1. The van der Waals surface area contributed by atoms with Crippen LogP contribution in [0.1, 0.15) is 41.3 Å². The van der Waals surface area contributed by atoms with Crippen molar-refractivity contribution in [2.75, 3.05) is 11.3 Å². The van der Waals surface area contributed by atoms with E-state index in [1.165, 1.54) is 12.1 Å². The van der Waals surface area contributed by atoms with Crippen molar-refractivity contribution in [3.8, 4) is 5.75 Å². The normalized spacial score (nSPS) is 11.2. The fraction of sp³-hybridized carbons (Fsp3) is 0.240. The van der Waals surface area contributed by atoms with Crippen LogP contribution in [0.3, 0.4) is 0 Å². The molecule has 32 heavy (non-hydrogen) atoms. The summed E-state index contributed by atoms with van der Waals surface area (Å²) in [7, 11) is -3.70. The zero-order valence-electron chi connectivity index (χ0n) is 18.0. The van der Waals surface area contributed by atoms with Crippen molar-refractivity contribution in [2.45, 2.75) is 37.5 Å². The summed E-state index contributed by atoms with van der Waals surface area (Å²) in [6.45, 7) is 2.69. The Hall–Kier alpha value is -3.32. The lowest BCUT2D eigenvalue weighted by molar-refractivity contribution is 0.0696. The fourth-order valence-electron chi connectivity index (χ4n) is 3.15. The molecule has 6 nitrogen and oxygen atoms in total. The number of sulfonamides is 1. The molecule has 0 aliphatic heterocycles. The van der Waals surface area contributed by atoms with E-state index in [9.17, 15) is 13.2 Å². The summed E-state index contributed by atoms with van der Waals surface area (Å²) in [4.78, 5) is 11.3. The minimum Gasteiger partial charge on any atom is -0.494 e. The van der Waals surface area contributed by atoms with Gasteiger partial charge in [0.1, 0.15) is 5.75 Å². The fourth-order valence-corrected chi connectivity index (χ4v) is 4.21. The van der Waals surface area contributed by atoms with E-state index in [-0.39, 0.29) is 10.5 Å². The smallest absolute Gasteiger partial charge is 0.335 e. The van der Waals surface area contributed by atoms with Gasteiger partial charge in [0.05, 0.1) is 17.1 Å². The molecular weight excluding hydrogens is 426 g/mol. The molecule has 168 valence electrons. The highest BCUT2D eigenvalue weighted by atomic mass is 32.2. The van der Waals surface area contributed by atoms with Gasteiger partial charge in [0.25, 0.3) is 10.0 Å². The van der Waals surface area contributed by atoms with E-state index in [1.54, 1.807) is 42.5 Å². The van der Waals surface area contributed by atoms with Crippen LogP contribution in [0, 0.1) is 0 Å². The summed E-state index contributed by atoms with van der Waals surface area (Å²) in [5.74, 6) is -0.294. The summed E-state index contributed by atoms with van der Waals surface area (Å²) in [5, 5.41) is 9.10. The predicted molar refractivity (Wildman–Crippen MR) is 125 cm³/mol. The Morgan fingerprint density at radius 1 is 0.938 bits per heavy atom. The van der Waals surface area contributed by atoms with E-state index < -0.39 is 16.0 Å². The second kappa shape index (κ2) is 10.8. The first kappa shape index (κ1) is 23.3. The zero-order valence-corrected chi connectivity index (χ0v) is 18.8. The number of carboxylic acids is 1. The Kier molecular flexibility index (Phi) is 7.89. The highest BCUT2D eigenvalue weighted by molar-refractivity contribution is 7.92. The van der Waals surface area contributed by atoms with E-state index in [4.69, 9.17) is 9.84 Å². The third-order valence-corrected chi connectivity index (χ3v) is 6.38. The van der Waals surface area contributed by atoms with Crippen LogP contribution >= 0.6 is 0 Å². The third kappa shape index (κ3) is 6.59. The molecule has 7 heteroatoms. The van der Waals surface area contributed by atoms with Crippen LogP contribution in [0.4, 0.5) is 5.69 Å². The van der Waals surface area contributed by atoms with Crippen LogP contribution < -0.4 is 9.46 Å². The van der Waals surface area contributed by atoms with Gasteiger partial charge in [0.2, 0.25) is 0 Å². The number of anilines is 1. The maximum atomic E-state index is 12.7. The first-order valence-corrected chi connectivity index (χ1v) is 12.0. The van der Waals surface area contributed by atoms with Gasteiger partial charge in [-0.15, -0.1) is 0 Å². The molecule has 3 aromatic carbocycles. The lowest BCUT2D eigenvalue weighted by Gasteiger charge is -2.10. The number of unbranched alkanes of at least 4 members (excludes halogenated alkanes) is 1. The minimum absolute atomic E-state index is 0.169. The van der Waals surface area contributed by atoms with Crippen LogP contribution in [-0.2, 0) is 22.9 Å². The molecule has 3 aromatic rings. The summed E-state index contributed by atoms with van der Waals surface area (Å²) >= 11 is 0. The molecule has 0 unspecified atom stereocenters. The van der Waals surface area contributed by atoms with Crippen molar-refractivity contribution in [3.63, 3.8) is 0 Å². The molecule has 0 radical (unpaired) electrons. The van der Waals surface area contributed by atoms with Crippen molar-refractivity contribution in [2.24, 2.45) is 0 Å². The lowest BCUT2D eigenvalue weighted by Crippen LogP contribution is -2.13. The first-order valence-electron chi connectivity index (χ1n) is 10.5. The van der Waals surface area contributed by atoms with Crippen molar-refractivity contribution in [1.29, 1.82) is 0 Å². The topological polar surface area (TPSA) is 92.7 Å². The highest BCUT2D eigenvalue weighted by Crippen LogP contribution is 2.20. The van der Waals surface area contributed by atoms with E-state index >= 15 is 0 Å². The van der Waals surface area contributed by atoms with Gasteiger partial charge < -0.3 is 9.84 Å². The Balaban J connectivity index is 1.58. The van der Waals surface area contributed by atoms with Crippen molar-refractivity contribution >= 4 is 21.7 Å². The molecule has 0 bridgehead atoms. The third-order valence-electron chi connectivity index (χ3n) is 4.98. The number of hydrogen-bond acceptors (Lipinski definition) is 4. The van der Waals surface area contributed by atoms with Crippen LogP contribution in [0.25, 0.3) is 0 Å². The van der Waals surface area contributed by atoms with Crippen LogP contribution in [-0.4, -0.2) is 26.1 Å². The van der Waals surface area contributed by atoms with Crippen molar-refractivity contribution in [1.82, 2.24) is 0 Å². The molecule has 0 spiro atoms. The standard InChI is InChI=1S/C25H27NO5S/c1-2-3-17-31-23-13-15-24(16-14-23)32(29,30)26-22-11-9-19(10-12-22)7-8-20-5-4-6-21(18-20)25(27)28/h4-6,9-16,18,26H,2-3,7-8,17H2,1H3,(H,27,28). The van der Waals surface area contributed by atoms with Gasteiger partial charge in [-0.05, 0) is 78.9 Å². The summed E-state index contributed by atoms with van der Waals surface area (Å²) in [5.41, 5.74) is 2.72. The molecule has 0 atom stereocenters. The van der Waals surface area contributed by atoms with Gasteiger partial charge in [-0.25, -0.2) is 13.2 Å². The maximum absolute atomic E-state index is 12.7. The van der Waals surface area contributed by atoms with E-state index in [2.05, 4.69) is 11.6 Å². The number of aryl methyl sites for hydroxylation is 2. The average Bonchev–Trinajstić information content (AvgIpc) is 2.79. The number of benzene rings is 3. The molecule has 0 aliphatic rings. The zero-order chi connectivity index (χ0) is 23.0. The van der Waals surface area contributed by atoms with Crippen LogP contribution in [0.15, 0.2) is 77.7 Å². The Morgan fingerprint density at radius 2 is 1.62 bits per heavy atom. The van der Waals surface area contributed by atoms with Gasteiger partial charge in [0.15, 0.2) is 0 Å². The second-order valence-corrected chi connectivity index (χ2v) is 9.16. The monoisotopic (exact) mass is 453 g/mol. The molecule has 0 saturated carbocycles. The second-order valence-electron chi connectivity index (χ2n) is 7.48. The SMILES string of the molecule is CCCCOc1ccc(S(=O)(=O)Nc2ccc(CCc3cccc(C(=O)O)c3)cc2)cc1. The number of carbonyl (C=O) groups is 1. The van der Waals surface area contributed by atoms with Gasteiger partial charge >= 0.3 is 5.97 Å². The Morgan fingerprint density at radius 3 is 2.28 bits per heavy atom. The predicted octanol–water partition coefficient (Wildman–Crippen LogP) is 5.15. The molecule has 0 aromatic heterocycles. The Labute approximate surface area is 188 Å². The Bertz CT molecular complexity index is 1140. The number of aromatic carboxylic acids is 1. The number of hydrogen-bond donors (Lipinski definition) is 2. The highest BCUT2D eigenvalue weighted by Gasteiger charge is 2.14. The van der Waals surface area contributed by atoms with Crippen molar-refractivity contribution < 1.29 is 23.1 Å². The number of rotatable bonds is 11. The summed E-state index contributed by atoms with van der Waals surface area (Å²) in [6, 6.07) is 20.4. The maximum Gasteiger partial charge on any atom is 0.335 e.